The molecule has 1 aromatic carbocycles. The van der Waals surface area contributed by atoms with Crippen LogP contribution in [0.2, 0.25) is 0 Å². The van der Waals surface area contributed by atoms with Crippen molar-refractivity contribution in [3.8, 4) is 0 Å². The highest BCUT2D eigenvalue weighted by atomic mass is 19.1. The predicted octanol–water partition coefficient (Wildman–Crippen LogP) is 3.20. The van der Waals surface area contributed by atoms with Gasteiger partial charge in [0.1, 0.15) is 17.1 Å². The Balaban J connectivity index is 2.52. The van der Waals surface area contributed by atoms with Gasteiger partial charge in [0, 0.05) is 0 Å². The second-order valence-electron chi connectivity index (χ2n) is 4.43. The monoisotopic (exact) mass is 219 g/mol. The molecule has 0 radical (unpaired) electrons. The molecule has 84 valence electrons. The van der Waals surface area contributed by atoms with Gasteiger partial charge in [-0.05, 0) is 32.4 Å². The van der Waals surface area contributed by atoms with Crippen molar-refractivity contribution in [2.24, 2.45) is 4.99 Å². The SMILES string of the molecule is C=C1OC(c2c(C)cccc2F)=NC1(C)C. The van der Waals surface area contributed by atoms with Crippen LogP contribution in [0.1, 0.15) is 25.0 Å². The summed E-state index contributed by atoms with van der Waals surface area (Å²) in [6.45, 7) is 9.39. The van der Waals surface area contributed by atoms with Crippen LogP contribution in [0.3, 0.4) is 0 Å². The van der Waals surface area contributed by atoms with Crippen molar-refractivity contribution in [1.82, 2.24) is 0 Å². The lowest BCUT2D eigenvalue weighted by atomic mass is 10.1. The average Bonchev–Trinajstić information content (AvgIpc) is 2.40. The zero-order valence-corrected chi connectivity index (χ0v) is 9.67. The van der Waals surface area contributed by atoms with E-state index in [0.29, 0.717) is 17.2 Å². The van der Waals surface area contributed by atoms with Crippen LogP contribution < -0.4 is 0 Å². The molecule has 1 aliphatic heterocycles. The van der Waals surface area contributed by atoms with E-state index < -0.39 is 5.54 Å². The second-order valence-corrected chi connectivity index (χ2v) is 4.43. The predicted molar refractivity (Wildman–Crippen MR) is 62.0 cm³/mol. The number of aliphatic imine (C=N–C) groups is 1. The lowest BCUT2D eigenvalue weighted by Crippen LogP contribution is -2.14. The molecule has 0 N–H and O–H groups in total. The highest BCUT2D eigenvalue weighted by Crippen LogP contribution is 2.30. The van der Waals surface area contributed by atoms with Crippen molar-refractivity contribution in [2.75, 3.05) is 0 Å². The first-order valence-electron chi connectivity index (χ1n) is 5.14. The third-order valence-electron chi connectivity index (χ3n) is 2.72. The van der Waals surface area contributed by atoms with Gasteiger partial charge < -0.3 is 4.74 Å². The van der Waals surface area contributed by atoms with Gasteiger partial charge in [-0.25, -0.2) is 9.38 Å². The van der Waals surface area contributed by atoms with E-state index in [2.05, 4.69) is 11.6 Å². The standard InChI is InChI=1S/C13H14FNO/c1-8-6-5-7-10(14)11(8)12-15-13(3,4)9(2)16-12/h5-7H,2H2,1,3-4H3. The topological polar surface area (TPSA) is 21.6 Å². The van der Waals surface area contributed by atoms with E-state index in [-0.39, 0.29) is 5.82 Å². The number of nitrogens with zero attached hydrogens (tertiary/aromatic N) is 1. The van der Waals surface area contributed by atoms with Gasteiger partial charge in [0.05, 0.1) is 5.56 Å². The number of ether oxygens (including phenoxy) is 1. The maximum atomic E-state index is 13.7. The van der Waals surface area contributed by atoms with Crippen molar-refractivity contribution in [2.45, 2.75) is 26.3 Å². The van der Waals surface area contributed by atoms with E-state index in [1.165, 1.54) is 6.07 Å². The molecule has 0 saturated carbocycles. The highest BCUT2D eigenvalue weighted by molar-refractivity contribution is 5.98. The molecule has 0 aromatic heterocycles. The molecule has 3 heteroatoms. The van der Waals surface area contributed by atoms with Gasteiger partial charge in [0.2, 0.25) is 5.90 Å². The summed E-state index contributed by atoms with van der Waals surface area (Å²) in [7, 11) is 0. The fourth-order valence-electron chi connectivity index (χ4n) is 1.59. The number of benzene rings is 1. The Labute approximate surface area is 94.5 Å². The minimum atomic E-state index is -0.482. The van der Waals surface area contributed by atoms with Gasteiger partial charge >= 0.3 is 0 Å². The summed E-state index contributed by atoms with van der Waals surface area (Å²) in [6.07, 6.45) is 0. The van der Waals surface area contributed by atoms with E-state index >= 15 is 0 Å². The summed E-state index contributed by atoms with van der Waals surface area (Å²) in [6, 6.07) is 4.91. The molecule has 0 amide bonds. The number of halogens is 1. The minimum absolute atomic E-state index is 0.316. The van der Waals surface area contributed by atoms with Crippen LogP contribution in [0, 0.1) is 12.7 Å². The molecule has 1 heterocycles. The van der Waals surface area contributed by atoms with Gasteiger partial charge in [0.15, 0.2) is 0 Å². The number of hydrogen-bond donors (Lipinski definition) is 0. The van der Waals surface area contributed by atoms with Crippen molar-refractivity contribution < 1.29 is 9.13 Å². The normalized spacial score (nSPS) is 18.2. The highest BCUT2D eigenvalue weighted by Gasteiger charge is 2.33. The van der Waals surface area contributed by atoms with Crippen LogP contribution in [0.4, 0.5) is 4.39 Å². The minimum Gasteiger partial charge on any atom is -0.441 e. The largest absolute Gasteiger partial charge is 0.441 e. The van der Waals surface area contributed by atoms with E-state index in [0.717, 1.165) is 5.56 Å². The third-order valence-corrected chi connectivity index (χ3v) is 2.72. The molecule has 2 nitrogen and oxygen atoms in total. The number of rotatable bonds is 1. The van der Waals surface area contributed by atoms with E-state index in [1.54, 1.807) is 6.07 Å². The molecular formula is C13H14FNO. The van der Waals surface area contributed by atoms with Gasteiger partial charge in [-0.3, -0.25) is 0 Å². The smallest absolute Gasteiger partial charge is 0.225 e. The summed E-state index contributed by atoms with van der Waals surface area (Å²) in [5.41, 5.74) is 0.753. The van der Waals surface area contributed by atoms with Gasteiger partial charge in [-0.15, -0.1) is 0 Å². The molecule has 0 saturated heterocycles. The first kappa shape index (κ1) is 10.9. The fraction of sp³-hybridized carbons (Fsp3) is 0.308. The summed E-state index contributed by atoms with van der Waals surface area (Å²) in [5, 5.41) is 0. The first-order valence-corrected chi connectivity index (χ1v) is 5.14. The van der Waals surface area contributed by atoms with Gasteiger partial charge in [0.25, 0.3) is 0 Å². The lowest BCUT2D eigenvalue weighted by Gasteiger charge is -2.11. The molecule has 1 aromatic rings. The van der Waals surface area contributed by atoms with Crippen LogP contribution >= 0.6 is 0 Å². The molecule has 0 spiro atoms. The number of hydrogen-bond acceptors (Lipinski definition) is 2. The Bertz CT molecular complexity index is 468. The van der Waals surface area contributed by atoms with Crippen LogP contribution in [0.5, 0.6) is 0 Å². The van der Waals surface area contributed by atoms with Crippen LogP contribution in [-0.2, 0) is 4.74 Å². The molecule has 16 heavy (non-hydrogen) atoms. The molecule has 1 aliphatic rings. The molecule has 2 rings (SSSR count). The van der Waals surface area contributed by atoms with Crippen LogP contribution in [-0.4, -0.2) is 11.4 Å². The maximum absolute atomic E-state index is 13.7. The zero-order valence-electron chi connectivity index (χ0n) is 9.67. The maximum Gasteiger partial charge on any atom is 0.225 e. The van der Waals surface area contributed by atoms with Gasteiger partial charge in [-0.1, -0.05) is 18.7 Å². The van der Waals surface area contributed by atoms with Crippen molar-refractivity contribution in [3.63, 3.8) is 0 Å². The Morgan fingerprint density at radius 2 is 2.06 bits per heavy atom. The third kappa shape index (κ3) is 1.62. The molecule has 0 atom stereocenters. The van der Waals surface area contributed by atoms with Crippen molar-refractivity contribution >= 4 is 5.90 Å². The Morgan fingerprint density at radius 3 is 2.56 bits per heavy atom. The van der Waals surface area contributed by atoms with Crippen LogP contribution in [0.25, 0.3) is 0 Å². The van der Waals surface area contributed by atoms with E-state index in [9.17, 15) is 4.39 Å². The molecular weight excluding hydrogens is 205 g/mol. The average molecular weight is 219 g/mol. The first-order chi connectivity index (χ1) is 7.42. The van der Waals surface area contributed by atoms with Crippen molar-refractivity contribution in [3.05, 3.63) is 47.5 Å². The van der Waals surface area contributed by atoms with E-state index in [4.69, 9.17) is 4.74 Å². The Hall–Kier alpha value is -1.64. The fourth-order valence-corrected chi connectivity index (χ4v) is 1.59. The molecule has 0 aliphatic carbocycles. The summed E-state index contributed by atoms with van der Waals surface area (Å²) < 4.78 is 19.1. The number of aryl methyl sites for hydroxylation is 1. The Kier molecular flexibility index (Phi) is 2.34. The molecule has 0 bridgehead atoms. The molecule has 0 unspecified atom stereocenters. The summed E-state index contributed by atoms with van der Waals surface area (Å²) in [5.74, 6) is 0.556. The van der Waals surface area contributed by atoms with Crippen molar-refractivity contribution in [1.29, 1.82) is 0 Å². The molecule has 0 fully saturated rings. The zero-order chi connectivity index (χ0) is 11.9. The lowest BCUT2D eigenvalue weighted by molar-refractivity contribution is 0.383. The van der Waals surface area contributed by atoms with Gasteiger partial charge in [-0.2, -0.15) is 0 Å². The quantitative estimate of drug-likeness (QED) is 0.710. The second kappa shape index (κ2) is 3.44. The van der Waals surface area contributed by atoms with E-state index in [1.807, 2.05) is 26.8 Å². The summed E-state index contributed by atoms with van der Waals surface area (Å²) >= 11 is 0. The summed E-state index contributed by atoms with van der Waals surface area (Å²) in [4.78, 5) is 4.35. The Morgan fingerprint density at radius 1 is 1.38 bits per heavy atom. The van der Waals surface area contributed by atoms with Crippen LogP contribution in [0.15, 0.2) is 35.5 Å².